The Morgan fingerprint density at radius 1 is 0.762 bits per heavy atom. The SMILES string of the molecule is Cc1ccc2c(c1C)=c1c(C)cccc1=2.N=C=O.N=C=O. The molecule has 0 bridgehead atoms. The second-order valence-electron chi connectivity index (χ2n) is 4.63. The highest BCUT2D eigenvalue weighted by molar-refractivity contribution is 5.39. The van der Waals surface area contributed by atoms with Gasteiger partial charge in [0.25, 0.3) is 0 Å². The van der Waals surface area contributed by atoms with Crippen LogP contribution in [0.3, 0.4) is 0 Å². The average molecular weight is 280 g/mol. The monoisotopic (exact) mass is 280 g/mol. The molecular weight excluding hydrogens is 264 g/mol. The summed E-state index contributed by atoms with van der Waals surface area (Å²) in [5, 5.41) is 16.6. The second-order valence-corrected chi connectivity index (χ2v) is 4.63. The van der Waals surface area contributed by atoms with Crippen molar-refractivity contribution in [3.05, 3.63) is 67.9 Å². The Morgan fingerprint density at radius 3 is 1.86 bits per heavy atom. The van der Waals surface area contributed by atoms with E-state index in [-0.39, 0.29) is 0 Å². The van der Waals surface area contributed by atoms with Gasteiger partial charge in [-0.2, -0.15) is 0 Å². The number of rotatable bonds is 0. The highest BCUT2D eigenvalue weighted by Gasteiger charge is 2.07. The van der Waals surface area contributed by atoms with Gasteiger partial charge in [0.2, 0.25) is 12.2 Å². The molecule has 4 nitrogen and oxygen atoms in total. The van der Waals surface area contributed by atoms with E-state index >= 15 is 0 Å². The van der Waals surface area contributed by atoms with Crippen LogP contribution in [0.2, 0.25) is 0 Å². The van der Waals surface area contributed by atoms with Crippen LogP contribution in [0.4, 0.5) is 0 Å². The molecule has 2 aromatic rings. The maximum absolute atomic E-state index is 8.35. The lowest BCUT2D eigenvalue weighted by Crippen LogP contribution is -1.98. The molecule has 0 fully saturated rings. The third kappa shape index (κ3) is 3.03. The third-order valence-corrected chi connectivity index (χ3v) is 3.55. The zero-order chi connectivity index (χ0) is 16.0. The molecule has 2 N–H and O–H groups in total. The van der Waals surface area contributed by atoms with Crippen molar-refractivity contribution >= 4 is 12.2 Å². The molecule has 0 spiro atoms. The van der Waals surface area contributed by atoms with Crippen LogP contribution in [0.25, 0.3) is 0 Å². The Balaban J connectivity index is 0.000000321. The number of isocyanates is 2. The molecule has 0 saturated carbocycles. The van der Waals surface area contributed by atoms with Gasteiger partial charge in [0.05, 0.1) is 0 Å². The summed E-state index contributed by atoms with van der Waals surface area (Å²) >= 11 is 0. The molecule has 4 heteroatoms. The molecule has 2 aromatic carbocycles. The van der Waals surface area contributed by atoms with Crippen molar-refractivity contribution in [2.24, 2.45) is 0 Å². The fourth-order valence-electron chi connectivity index (χ4n) is 2.52. The zero-order valence-corrected chi connectivity index (χ0v) is 12.2. The van der Waals surface area contributed by atoms with Crippen molar-refractivity contribution in [1.29, 1.82) is 10.8 Å². The minimum absolute atomic E-state index is 0.750. The summed E-state index contributed by atoms with van der Waals surface area (Å²) in [5.41, 5.74) is 4.23. The number of aryl methyl sites for hydroxylation is 2. The van der Waals surface area contributed by atoms with Crippen LogP contribution in [-0.2, 0) is 9.59 Å². The lowest BCUT2D eigenvalue weighted by Gasteiger charge is -2.11. The predicted molar refractivity (Wildman–Crippen MR) is 79.3 cm³/mol. The maximum atomic E-state index is 8.35. The summed E-state index contributed by atoms with van der Waals surface area (Å²) in [5.74, 6) is 0. The van der Waals surface area contributed by atoms with Gasteiger partial charge in [-0.25, -0.2) is 20.4 Å². The van der Waals surface area contributed by atoms with Crippen molar-refractivity contribution in [1.82, 2.24) is 0 Å². The van der Waals surface area contributed by atoms with Gasteiger partial charge in [0.1, 0.15) is 0 Å². The molecule has 21 heavy (non-hydrogen) atoms. The van der Waals surface area contributed by atoms with E-state index in [0.717, 1.165) is 12.2 Å². The first-order valence-corrected chi connectivity index (χ1v) is 6.31. The smallest absolute Gasteiger partial charge is 0.222 e. The van der Waals surface area contributed by atoms with Gasteiger partial charge in [-0.1, -0.05) is 30.3 Å². The van der Waals surface area contributed by atoms with E-state index < -0.39 is 0 Å². The van der Waals surface area contributed by atoms with Gasteiger partial charge < -0.3 is 0 Å². The Morgan fingerprint density at radius 2 is 1.29 bits per heavy atom. The largest absolute Gasteiger partial charge is 0.231 e. The van der Waals surface area contributed by atoms with Gasteiger partial charge in [0, 0.05) is 0 Å². The van der Waals surface area contributed by atoms with Crippen molar-refractivity contribution in [2.75, 3.05) is 0 Å². The first kappa shape index (κ1) is 16.3. The van der Waals surface area contributed by atoms with Gasteiger partial charge in [0.15, 0.2) is 0 Å². The van der Waals surface area contributed by atoms with Crippen molar-refractivity contribution in [2.45, 2.75) is 20.8 Å². The van der Waals surface area contributed by atoms with Gasteiger partial charge in [-0.15, -0.1) is 0 Å². The Hall–Kier alpha value is -2.80. The molecule has 0 heterocycles. The summed E-state index contributed by atoms with van der Waals surface area (Å²) in [6.07, 6.45) is 1.50. The highest BCUT2D eigenvalue weighted by atomic mass is 16.1. The number of fused-ring (bicyclic) bond motifs is 2. The predicted octanol–water partition coefficient (Wildman–Crippen LogP) is 3.30. The molecule has 0 atom stereocenters. The standard InChI is InChI=1S/C15H14.2CHNO/c1-9-7-8-13-12-6-4-5-10(2)14(12)15(13)11(9)3;2*2-1-3/h4-8H,1-3H3;2*2H. The summed E-state index contributed by atoms with van der Waals surface area (Å²) in [4.78, 5) is 16.7. The van der Waals surface area contributed by atoms with Crippen LogP contribution >= 0.6 is 0 Å². The maximum Gasteiger partial charge on any atom is 0.231 e. The first-order valence-electron chi connectivity index (χ1n) is 6.31. The van der Waals surface area contributed by atoms with Crippen molar-refractivity contribution < 1.29 is 9.59 Å². The first-order chi connectivity index (χ1) is 10.0. The molecule has 0 aliphatic heterocycles. The molecular formula is C17H16N2O2. The minimum Gasteiger partial charge on any atom is -0.222 e. The summed E-state index contributed by atoms with van der Waals surface area (Å²) in [6.45, 7) is 6.61. The number of benzene rings is 2. The van der Waals surface area contributed by atoms with Crippen LogP contribution in [0.1, 0.15) is 16.7 Å². The number of hydrogen-bond donors (Lipinski definition) is 2. The van der Waals surface area contributed by atoms with Crippen molar-refractivity contribution in [3.63, 3.8) is 0 Å². The molecule has 0 amide bonds. The Kier molecular flexibility index (Phi) is 5.50. The van der Waals surface area contributed by atoms with Crippen molar-refractivity contribution in [3.8, 4) is 0 Å². The van der Waals surface area contributed by atoms with Crippen LogP contribution in [0.15, 0.2) is 30.3 Å². The summed E-state index contributed by atoms with van der Waals surface area (Å²) in [7, 11) is 0. The highest BCUT2D eigenvalue weighted by Crippen LogP contribution is 2.20. The van der Waals surface area contributed by atoms with Crippen LogP contribution in [0.5, 0.6) is 0 Å². The minimum atomic E-state index is 0.750. The van der Waals surface area contributed by atoms with E-state index in [0.29, 0.717) is 0 Å². The fraction of sp³-hybridized carbons (Fsp3) is 0.176. The van der Waals surface area contributed by atoms with E-state index in [2.05, 4.69) is 51.1 Å². The second kappa shape index (κ2) is 7.11. The molecule has 0 unspecified atom stereocenters. The quantitative estimate of drug-likeness (QED) is 0.489. The number of nitrogens with one attached hydrogen (secondary N) is 2. The van der Waals surface area contributed by atoms with Crippen LogP contribution in [0, 0.1) is 52.5 Å². The lowest BCUT2D eigenvalue weighted by atomic mass is 9.93. The number of hydrogen-bond acceptors (Lipinski definition) is 4. The van der Waals surface area contributed by atoms with Gasteiger partial charge >= 0.3 is 0 Å². The average Bonchev–Trinajstić information content (AvgIpc) is 2.41. The topological polar surface area (TPSA) is 81.8 Å². The van der Waals surface area contributed by atoms with E-state index in [1.807, 2.05) is 0 Å². The van der Waals surface area contributed by atoms with Gasteiger partial charge in [-0.3, -0.25) is 0 Å². The van der Waals surface area contributed by atoms with Gasteiger partial charge in [-0.05, 0) is 58.3 Å². The van der Waals surface area contributed by atoms with E-state index in [4.69, 9.17) is 20.4 Å². The fourth-order valence-corrected chi connectivity index (χ4v) is 2.52. The molecule has 106 valence electrons. The lowest BCUT2D eigenvalue weighted by molar-refractivity contribution is 0.562. The molecule has 3 rings (SSSR count). The van der Waals surface area contributed by atoms with E-state index in [1.165, 1.54) is 37.6 Å². The molecule has 0 saturated heterocycles. The Labute approximate surface area is 122 Å². The Bertz CT molecular complexity index is 906. The van der Waals surface area contributed by atoms with E-state index in [9.17, 15) is 0 Å². The van der Waals surface area contributed by atoms with Crippen LogP contribution < -0.4 is 0 Å². The van der Waals surface area contributed by atoms with Crippen LogP contribution in [-0.4, -0.2) is 12.2 Å². The molecule has 1 aliphatic rings. The molecule has 0 radical (unpaired) electrons. The molecule has 1 aliphatic carbocycles. The normalized spacial score (nSPS) is 9.10. The summed E-state index contributed by atoms with van der Waals surface area (Å²) in [6, 6.07) is 11.0. The third-order valence-electron chi connectivity index (χ3n) is 3.55. The molecule has 0 aromatic heterocycles. The summed E-state index contributed by atoms with van der Waals surface area (Å²) < 4.78 is 0. The number of carbonyl (C=O) groups excluding carboxylic acids is 2. The van der Waals surface area contributed by atoms with E-state index in [1.54, 1.807) is 0 Å². The zero-order valence-electron chi connectivity index (χ0n) is 12.2.